The molecular formula is C23H29FN4Si. The van der Waals surface area contributed by atoms with Crippen LogP contribution >= 0.6 is 0 Å². The van der Waals surface area contributed by atoms with Crippen LogP contribution in [0.25, 0.3) is 11.4 Å². The lowest BCUT2D eigenvalue weighted by Crippen LogP contribution is -2.43. The number of hydrogen-bond acceptors (Lipinski definition) is 4. The highest BCUT2D eigenvalue weighted by Gasteiger charge is 2.41. The van der Waals surface area contributed by atoms with E-state index in [4.69, 9.17) is 5.73 Å². The number of nitrogens with zero attached hydrogens (tertiary/aromatic N) is 3. The van der Waals surface area contributed by atoms with Crippen molar-refractivity contribution in [2.45, 2.75) is 65.1 Å². The molecule has 1 aromatic heterocycles. The molecule has 4 nitrogen and oxygen atoms in total. The Hall–Kier alpha value is -2.70. The van der Waals surface area contributed by atoms with Crippen LogP contribution in [0.3, 0.4) is 0 Å². The van der Waals surface area contributed by atoms with Gasteiger partial charge < -0.3 is 5.73 Å². The van der Waals surface area contributed by atoms with Crippen LogP contribution in [0, 0.1) is 35.5 Å². The monoisotopic (exact) mass is 408 g/mol. The summed E-state index contributed by atoms with van der Waals surface area (Å²) in [7, 11) is -2.05. The summed E-state index contributed by atoms with van der Waals surface area (Å²) in [5, 5.41) is 9.28. The van der Waals surface area contributed by atoms with Crippen molar-refractivity contribution in [3.05, 3.63) is 40.8 Å². The highest BCUT2D eigenvalue weighted by molar-refractivity contribution is 6.90. The van der Waals surface area contributed by atoms with E-state index in [0.29, 0.717) is 27.8 Å². The van der Waals surface area contributed by atoms with Crippen LogP contribution in [0.1, 0.15) is 58.4 Å². The van der Waals surface area contributed by atoms with Crippen molar-refractivity contribution in [3.8, 4) is 28.9 Å². The highest BCUT2D eigenvalue weighted by atomic mass is 28.3. The maximum Gasteiger partial charge on any atom is 0.199 e. The van der Waals surface area contributed by atoms with E-state index in [9.17, 15) is 9.65 Å². The first-order chi connectivity index (χ1) is 13.6. The third-order valence-electron chi connectivity index (χ3n) is 5.84. The van der Waals surface area contributed by atoms with Crippen molar-refractivity contribution in [3.63, 3.8) is 0 Å². The van der Waals surface area contributed by atoms with Gasteiger partial charge in [0, 0.05) is 5.56 Å². The molecule has 29 heavy (non-hydrogen) atoms. The van der Waals surface area contributed by atoms with Gasteiger partial charge in [-0.1, -0.05) is 59.6 Å². The Bertz CT molecular complexity index is 988. The zero-order chi connectivity index (χ0) is 21.9. The molecule has 0 spiro atoms. The van der Waals surface area contributed by atoms with Crippen LogP contribution in [-0.2, 0) is 0 Å². The van der Waals surface area contributed by atoms with E-state index < -0.39 is 13.9 Å². The van der Waals surface area contributed by atoms with Gasteiger partial charge in [-0.3, -0.25) is 0 Å². The standard InChI is InChI=1S/C23H29FN4Si/c1-14(2)29(15(3)4,16(5)6)12-11-20-21(24)22(26)28-23(27-20)19-10-8-9-18(13-25)17(19)7/h8-10,14-16H,1-7H3,(H2,26,27,28). The van der Waals surface area contributed by atoms with Crippen molar-refractivity contribution in [2.75, 3.05) is 5.73 Å². The van der Waals surface area contributed by atoms with Gasteiger partial charge in [0.05, 0.1) is 11.6 Å². The summed E-state index contributed by atoms with van der Waals surface area (Å²) < 4.78 is 14.7. The first-order valence-electron chi connectivity index (χ1n) is 9.92. The molecule has 1 aromatic carbocycles. The number of nitrogens with two attached hydrogens (primary N) is 1. The van der Waals surface area contributed by atoms with E-state index in [-0.39, 0.29) is 17.3 Å². The van der Waals surface area contributed by atoms with Crippen LogP contribution < -0.4 is 5.73 Å². The molecule has 0 amide bonds. The van der Waals surface area contributed by atoms with E-state index in [1.54, 1.807) is 18.2 Å². The predicted molar refractivity (Wildman–Crippen MR) is 119 cm³/mol. The van der Waals surface area contributed by atoms with Crippen LogP contribution in [0.15, 0.2) is 18.2 Å². The van der Waals surface area contributed by atoms with Gasteiger partial charge in [-0.2, -0.15) is 9.65 Å². The number of nitrogen functional groups attached to an aromatic ring is 1. The van der Waals surface area contributed by atoms with E-state index in [1.165, 1.54) is 0 Å². The number of rotatable bonds is 4. The van der Waals surface area contributed by atoms with Crippen molar-refractivity contribution in [2.24, 2.45) is 0 Å². The normalized spacial score (nSPS) is 11.5. The Kier molecular flexibility index (Phi) is 6.82. The van der Waals surface area contributed by atoms with Crippen molar-refractivity contribution in [1.82, 2.24) is 9.97 Å². The van der Waals surface area contributed by atoms with Gasteiger partial charge in [0.2, 0.25) is 0 Å². The van der Waals surface area contributed by atoms with Crippen molar-refractivity contribution in [1.29, 1.82) is 5.26 Å². The van der Waals surface area contributed by atoms with Crippen LogP contribution in [-0.4, -0.2) is 18.0 Å². The minimum atomic E-state index is -2.05. The van der Waals surface area contributed by atoms with E-state index in [2.05, 4.69) is 69.0 Å². The Morgan fingerprint density at radius 2 is 1.62 bits per heavy atom. The molecule has 0 atom stereocenters. The fourth-order valence-corrected chi connectivity index (χ4v) is 9.47. The summed E-state index contributed by atoms with van der Waals surface area (Å²) in [6.45, 7) is 15.0. The molecule has 0 aliphatic rings. The van der Waals surface area contributed by atoms with Gasteiger partial charge in [0.25, 0.3) is 0 Å². The zero-order valence-corrected chi connectivity index (χ0v) is 19.3. The largest absolute Gasteiger partial charge is 0.381 e. The molecule has 0 unspecified atom stereocenters. The molecular weight excluding hydrogens is 379 g/mol. The third kappa shape index (κ3) is 4.18. The molecule has 0 bridgehead atoms. The van der Waals surface area contributed by atoms with Crippen molar-refractivity contribution < 1.29 is 4.39 Å². The van der Waals surface area contributed by atoms with Gasteiger partial charge in [-0.15, -0.1) is 5.54 Å². The Balaban J connectivity index is 2.69. The molecule has 0 saturated heterocycles. The second-order valence-electron chi connectivity index (χ2n) is 8.33. The fraction of sp³-hybridized carbons (Fsp3) is 0.435. The minimum Gasteiger partial charge on any atom is -0.381 e. The second-order valence-corrected chi connectivity index (χ2v) is 13.9. The van der Waals surface area contributed by atoms with E-state index in [1.807, 2.05) is 6.92 Å². The summed E-state index contributed by atoms with van der Waals surface area (Å²) >= 11 is 0. The third-order valence-corrected chi connectivity index (χ3v) is 12.1. The van der Waals surface area contributed by atoms with Crippen molar-refractivity contribution >= 4 is 13.9 Å². The average Bonchev–Trinajstić information content (AvgIpc) is 2.64. The number of nitriles is 1. The van der Waals surface area contributed by atoms with Crippen LogP contribution in [0.2, 0.25) is 16.6 Å². The van der Waals surface area contributed by atoms with E-state index in [0.717, 1.165) is 5.56 Å². The topological polar surface area (TPSA) is 75.6 Å². The number of aromatic nitrogens is 2. The molecule has 0 radical (unpaired) electrons. The molecule has 2 aromatic rings. The average molecular weight is 409 g/mol. The number of benzene rings is 1. The first kappa shape index (κ1) is 22.6. The SMILES string of the molecule is Cc1c(C#N)cccc1-c1nc(N)c(F)c(C#C[Si](C(C)C)(C(C)C)C(C)C)n1. The molecule has 152 valence electrons. The van der Waals surface area contributed by atoms with E-state index >= 15 is 0 Å². The Morgan fingerprint density at radius 1 is 1.03 bits per heavy atom. The fourth-order valence-electron chi connectivity index (χ4n) is 4.27. The van der Waals surface area contributed by atoms with Gasteiger partial charge in [0.15, 0.2) is 23.2 Å². The molecule has 2 N–H and O–H groups in total. The lowest BCUT2D eigenvalue weighted by molar-refractivity contribution is 0.616. The molecule has 6 heteroatoms. The summed E-state index contributed by atoms with van der Waals surface area (Å²) in [6, 6.07) is 7.42. The first-order valence-corrected chi connectivity index (χ1v) is 12.2. The molecule has 0 aliphatic carbocycles. The maximum atomic E-state index is 14.7. The Labute approximate surface area is 174 Å². The van der Waals surface area contributed by atoms with Crippen LogP contribution in [0.5, 0.6) is 0 Å². The lowest BCUT2D eigenvalue weighted by atomic mass is 10.0. The highest BCUT2D eigenvalue weighted by Crippen LogP contribution is 2.40. The molecule has 0 aliphatic heterocycles. The predicted octanol–water partition coefficient (Wildman–Crippen LogP) is 5.61. The molecule has 2 rings (SSSR count). The smallest absolute Gasteiger partial charge is 0.199 e. The quantitative estimate of drug-likeness (QED) is 0.526. The summed E-state index contributed by atoms with van der Waals surface area (Å²) in [5.74, 6) is 2.41. The number of anilines is 1. The Morgan fingerprint density at radius 3 is 2.14 bits per heavy atom. The van der Waals surface area contributed by atoms with Crippen LogP contribution in [0.4, 0.5) is 10.2 Å². The molecule has 1 heterocycles. The second kappa shape index (κ2) is 8.76. The summed E-state index contributed by atoms with van der Waals surface area (Å²) in [6.07, 6.45) is 0. The summed E-state index contributed by atoms with van der Waals surface area (Å²) in [5.41, 5.74) is 12.5. The van der Waals surface area contributed by atoms with Gasteiger partial charge >= 0.3 is 0 Å². The molecule has 0 saturated carbocycles. The summed E-state index contributed by atoms with van der Waals surface area (Å²) in [4.78, 5) is 8.51. The minimum absolute atomic E-state index is 0.0214. The van der Waals surface area contributed by atoms with Gasteiger partial charge in [0.1, 0.15) is 8.07 Å². The number of hydrogen-bond donors (Lipinski definition) is 1. The van der Waals surface area contributed by atoms with Gasteiger partial charge in [-0.05, 0) is 35.2 Å². The lowest BCUT2D eigenvalue weighted by Gasteiger charge is -2.38. The molecule has 0 fully saturated rings. The van der Waals surface area contributed by atoms with Gasteiger partial charge in [-0.25, -0.2) is 9.97 Å². The maximum absolute atomic E-state index is 14.7. The number of halogens is 1. The zero-order valence-electron chi connectivity index (χ0n) is 18.3.